The molecule has 38 heavy (non-hydrogen) atoms. The minimum Gasteiger partial charge on any atom is -0.352 e. The van der Waals surface area contributed by atoms with E-state index in [1.165, 1.54) is 4.90 Å². The summed E-state index contributed by atoms with van der Waals surface area (Å²) in [6.45, 7) is 7.31. The Morgan fingerprint density at radius 3 is 2.08 bits per heavy atom. The minimum atomic E-state index is -3.82. The number of anilines is 1. The van der Waals surface area contributed by atoms with Gasteiger partial charge >= 0.3 is 0 Å². The van der Waals surface area contributed by atoms with Crippen LogP contribution in [0.1, 0.15) is 64.5 Å². The van der Waals surface area contributed by atoms with Crippen LogP contribution in [0, 0.1) is 0 Å². The minimum absolute atomic E-state index is 0.0445. The normalized spacial score (nSPS) is 15.2. The molecular weight excluding hydrogens is 545 g/mol. The van der Waals surface area contributed by atoms with Crippen molar-refractivity contribution >= 4 is 50.7 Å². The van der Waals surface area contributed by atoms with E-state index in [2.05, 4.69) is 26.1 Å². The van der Waals surface area contributed by atoms with Gasteiger partial charge in [-0.2, -0.15) is 0 Å². The van der Waals surface area contributed by atoms with E-state index in [4.69, 9.17) is 23.2 Å². The summed E-state index contributed by atoms with van der Waals surface area (Å²) in [5, 5.41) is 3.75. The molecule has 0 aromatic heterocycles. The van der Waals surface area contributed by atoms with Gasteiger partial charge in [0.15, 0.2) is 0 Å². The fourth-order valence-corrected chi connectivity index (χ4v) is 5.94. The van der Waals surface area contributed by atoms with Gasteiger partial charge in [-0.05, 0) is 55.0 Å². The first-order valence-corrected chi connectivity index (χ1v) is 15.4. The van der Waals surface area contributed by atoms with Crippen LogP contribution in [0.3, 0.4) is 0 Å². The van der Waals surface area contributed by atoms with Gasteiger partial charge in [0.05, 0.1) is 11.9 Å². The van der Waals surface area contributed by atoms with Crippen molar-refractivity contribution in [2.45, 2.75) is 77.4 Å². The van der Waals surface area contributed by atoms with Gasteiger partial charge in [-0.25, -0.2) is 8.42 Å². The third-order valence-electron chi connectivity index (χ3n) is 6.96. The molecule has 0 heterocycles. The van der Waals surface area contributed by atoms with E-state index in [0.29, 0.717) is 21.3 Å². The highest BCUT2D eigenvalue weighted by atomic mass is 35.5. The van der Waals surface area contributed by atoms with Gasteiger partial charge in [-0.15, -0.1) is 0 Å². The first-order valence-electron chi connectivity index (χ1n) is 12.8. The smallest absolute Gasteiger partial charge is 0.244 e. The van der Waals surface area contributed by atoms with Gasteiger partial charge in [0.2, 0.25) is 21.8 Å². The lowest BCUT2D eigenvalue weighted by Crippen LogP contribution is -2.52. The Morgan fingerprint density at radius 1 is 1.03 bits per heavy atom. The van der Waals surface area contributed by atoms with Crippen molar-refractivity contribution < 1.29 is 18.0 Å². The van der Waals surface area contributed by atoms with Crippen LogP contribution < -0.4 is 9.62 Å². The molecule has 0 bridgehead atoms. The van der Waals surface area contributed by atoms with E-state index >= 15 is 0 Å². The number of benzene rings is 2. The Bertz CT molecular complexity index is 1230. The maximum Gasteiger partial charge on any atom is 0.244 e. The largest absolute Gasteiger partial charge is 0.352 e. The maximum atomic E-state index is 13.8. The maximum absolute atomic E-state index is 13.8. The van der Waals surface area contributed by atoms with Crippen LogP contribution in [-0.4, -0.2) is 50.0 Å². The third kappa shape index (κ3) is 7.64. The second-order valence-corrected chi connectivity index (χ2v) is 13.7. The van der Waals surface area contributed by atoms with E-state index < -0.39 is 28.5 Å². The van der Waals surface area contributed by atoms with Gasteiger partial charge < -0.3 is 10.2 Å². The predicted molar refractivity (Wildman–Crippen MR) is 154 cm³/mol. The molecule has 1 N–H and O–H groups in total. The van der Waals surface area contributed by atoms with Crippen molar-refractivity contribution in [2.24, 2.45) is 0 Å². The Balaban J connectivity index is 1.93. The molecule has 1 fully saturated rings. The number of carbonyl (C=O) groups excluding carboxylic acids is 2. The monoisotopic (exact) mass is 581 g/mol. The number of amides is 2. The van der Waals surface area contributed by atoms with E-state index in [-0.39, 0.29) is 23.9 Å². The van der Waals surface area contributed by atoms with Crippen molar-refractivity contribution in [1.82, 2.24) is 10.2 Å². The standard InChI is InChI=1S/C28H37Cl2N3O4S/c1-19(27(35)31-21-9-6-7-10-21)32(17-23-24(29)11-8-12-25(23)30)26(34)18-33(38(5,36)37)22-15-13-20(14-16-22)28(2,3)4/h8,11-16,19,21H,6-7,9-10,17-18H2,1-5H3,(H,31,35)/t19-/m1/s1. The van der Waals surface area contributed by atoms with E-state index in [1.807, 2.05) is 12.1 Å². The SMILES string of the molecule is C[C@H](C(=O)NC1CCCC1)N(Cc1c(Cl)cccc1Cl)C(=O)CN(c1ccc(C(C)(C)C)cc1)S(C)(=O)=O. The highest BCUT2D eigenvalue weighted by molar-refractivity contribution is 7.92. The lowest BCUT2D eigenvalue weighted by atomic mass is 9.87. The molecule has 1 aliphatic carbocycles. The molecular formula is C28H37Cl2N3O4S. The number of carbonyl (C=O) groups is 2. The summed E-state index contributed by atoms with van der Waals surface area (Å²) < 4.78 is 26.7. The van der Waals surface area contributed by atoms with Crippen LogP contribution in [0.2, 0.25) is 10.0 Å². The molecule has 7 nitrogen and oxygen atoms in total. The number of hydrogen-bond acceptors (Lipinski definition) is 4. The summed E-state index contributed by atoms with van der Waals surface area (Å²) in [6, 6.07) is 11.3. The second kappa shape index (κ2) is 12.3. The molecule has 1 aliphatic rings. The van der Waals surface area contributed by atoms with Crippen LogP contribution in [0.4, 0.5) is 5.69 Å². The van der Waals surface area contributed by atoms with Gasteiger partial charge in [0.25, 0.3) is 0 Å². The summed E-state index contributed by atoms with van der Waals surface area (Å²) in [4.78, 5) is 28.3. The highest BCUT2D eigenvalue weighted by Crippen LogP contribution is 2.29. The van der Waals surface area contributed by atoms with Crippen LogP contribution in [0.15, 0.2) is 42.5 Å². The van der Waals surface area contributed by atoms with Crippen molar-refractivity contribution in [3.05, 3.63) is 63.6 Å². The Kier molecular flexibility index (Phi) is 9.76. The average Bonchev–Trinajstić information content (AvgIpc) is 3.33. The molecule has 0 aliphatic heterocycles. The molecule has 10 heteroatoms. The summed E-state index contributed by atoms with van der Waals surface area (Å²) >= 11 is 12.8. The van der Waals surface area contributed by atoms with E-state index in [9.17, 15) is 18.0 Å². The summed E-state index contributed by atoms with van der Waals surface area (Å²) in [5.41, 5.74) is 1.78. The van der Waals surface area contributed by atoms with Crippen LogP contribution >= 0.6 is 23.2 Å². The first kappa shape index (κ1) is 30.3. The zero-order valence-electron chi connectivity index (χ0n) is 22.6. The van der Waals surface area contributed by atoms with Gasteiger partial charge in [0, 0.05) is 28.2 Å². The number of halogens is 2. The van der Waals surface area contributed by atoms with Crippen LogP contribution in [-0.2, 0) is 31.6 Å². The lowest BCUT2D eigenvalue weighted by molar-refractivity contribution is -0.139. The topological polar surface area (TPSA) is 86.8 Å². The molecule has 2 aromatic carbocycles. The third-order valence-corrected chi connectivity index (χ3v) is 8.81. The number of nitrogens with zero attached hydrogens (tertiary/aromatic N) is 2. The number of nitrogens with one attached hydrogen (secondary N) is 1. The van der Waals surface area contributed by atoms with Gasteiger partial charge in [0.1, 0.15) is 12.6 Å². The average molecular weight is 583 g/mol. The van der Waals surface area contributed by atoms with Gasteiger partial charge in [-0.1, -0.05) is 75.0 Å². The van der Waals surface area contributed by atoms with Crippen molar-refractivity contribution in [2.75, 3.05) is 17.1 Å². The van der Waals surface area contributed by atoms with E-state index in [0.717, 1.165) is 41.8 Å². The molecule has 0 spiro atoms. The lowest BCUT2D eigenvalue weighted by Gasteiger charge is -2.32. The molecule has 1 saturated carbocycles. The predicted octanol–water partition coefficient (Wildman–Crippen LogP) is 5.53. The Morgan fingerprint density at radius 2 is 1.58 bits per heavy atom. The molecule has 0 unspecified atom stereocenters. The number of hydrogen-bond donors (Lipinski definition) is 1. The first-order chi connectivity index (χ1) is 17.7. The number of sulfonamides is 1. The van der Waals surface area contributed by atoms with Crippen molar-refractivity contribution in [3.8, 4) is 0 Å². The molecule has 208 valence electrons. The highest BCUT2D eigenvalue weighted by Gasteiger charge is 2.32. The number of rotatable bonds is 9. The fourth-order valence-electron chi connectivity index (χ4n) is 4.57. The van der Waals surface area contributed by atoms with Gasteiger partial charge in [-0.3, -0.25) is 13.9 Å². The van der Waals surface area contributed by atoms with Crippen molar-refractivity contribution in [3.63, 3.8) is 0 Å². The Hall–Kier alpha value is -2.29. The zero-order chi connectivity index (χ0) is 28.3. The molecule has 1 atom stereocenters. The van der Waals surface area contributed by atoms with Crippen LogP contribution in [0.25, 0.3) is 0 Å². The second-order valence-electron chi connectivity index (χ2n) is 11.0. The van der Waals surface area contributed by atoms with Crippen LogP contribution in [0.5, 0.6) is 0 Å². The molecule has 3 rings (SSSR count). The Labute approximate surface area is 236 Å². The summed E-state index contributed by atoms with van der Waals surface area (Å²) in [7, 11) is -3.82. The molecule has 0 radical (unpaired) electrons. The molecule has 2 aromatic rings. The van der Waals surface area contributed by atoms with Crippen molar-refractivity contribution in [1.29, 1.82) is 0 Å². The molecule has 0 saturated heterocycles. The summed E-state index contributed by atoms with van der Waals surface area (Å²) in [5.74, 6) is -0.839. The molecule has 2 amide bonds. The quantitative estimate of drug-likeness (QED) is 0.421. The summed E-state index contributed by atoms with van der Waals surface area (Å²) in [6.07, 6.45) is 4.96. The fraction of sp³-hybridized carbons (Fsp3) is 0.500. The van der Waals surface area contributed by atoms with E-state index in [1.54, 1.807) is 37.3 Å². The zero-order valence-corrected chi connectivity index (χ0v) is 25.0.